The lowest BCUT2D eigenvalue weighted by molar-refractivity contribution is -0.304. The van der Waals surface area contributed by atoms with E-state index in [2.05, 4.69) is 5.32 Å². The molecule has 0 spiro atoms. The van der Waals surface area contributed by atoms with Crippen molar-refractivity contribution < 1.29 is 14.7 Å². The molecule has 0 fully saturated rings. The van der Waals surface area contributed by atoms with Crippen LogP contribution in [0.1, 0.15) is 6.42 Å². The number of aliphatic carboxylic acids is 1. The normalized spacial score (nSPS) is 12.2. The third-order valence-corrected chi connectivity index (χ3v) is 2.02. The van der Waals surface area contributed by atoms with E-state index in [0.717, 1.165) is 5.75 Å². The molecule has 0 aliphatic heterocycles. The average Bonchev–Trinajstić information content (AvgIpc) is 2.10. The van der Waals surface area contributed by atoms with Gasteiger partial charge >= 0.3 is 0 Å². The van der Waals surface area contributed by atoms with Crippen molar-refractivity contribution in [1.82, 2.24) is 5.32 Å². The maximum Gasteiger partial charge on any atom is 0.237 e. The van der Waals surface area contributed by atoms with Gasteiger partial charge in [0.15, 0.2) is 0 Å². The van der Waals surface area contributed by atoms with E-state index in [1.807, 2.05) is 6.26 Å². The van der Waals surface area contributed by atoms with Gasteiger partial charge in [0.25, 0.3) is 0 Å². The van der Waals surface area contributed by atoms with E-state index in [4.69, 9.17) is 5.73 Å². The topological polar surface area (TPSA) is 95.2 Å². The van der Waals surface area contributed by atoms with Gasteiger partial charge < -0.3 is 21.0 Å². The molecular formula is C7H13N2O3S-. The number of nitrogens with one attached hydrogen (secondary N) is 1. The molecule has 3 N–H and O–H groups in total. The van der Waals surface area contributed by atoms with Crippen molar-refractivity contribution >= 4 is 23.6 Å². The number of carbonyl (C=O) groups excluding carboxylic acids is 2. The lowest BCUT2D eigenvalue weighted by Gasteiger charge is -2.11. The quantitative estimate of drug-likeness (QED) is 0.519. The molecule has 0 aliphatic rings. The van der Waals surface area contributed by atoms with Crippen LogP contribution in [0, 0.1) is 0 Å². The molecule has 1 atom stereocenters. The average molecular weight is 205 g/mol. The summed E-state index contributed by atoms with van der Waals surface area (Å²) in [6.45, 7) is -0.480. The molecule has 0 heterocycles. The zero-order chi connectivity index (χ0) is 10.3. The van der Waals surface area contributed by atoms with E-state index in [1.165, 1.54) is 0 Å². The Morgan fingerprint density at radius 3 is 2.69 bits per heavy atom. The highest BCUT2D eigenvalue weighted by molar-refractivity contribution is 7.98. The van der Waals surface area contributed by atoms with Crippen molar-refractivity contribution in [2.24, 2.45) is 5.73 Å². The molecule has 0 aromatic heterocycles. The molecule has 5 nitrogen and oxygen atoms in total. The van der Waals surface area contributed by atoms with E-state index in [9.17, 15) is 14.7 Å². The largest absolute Gasteiger partial charge is 0.548 e. The number of carboxylic acids is 1. The Kier molecular flexibility index (Phi) is 6.34. The van der Waals surface area contributed by atoms with E-state index in [1.54, 1.807) is 11.8 Å². The fraction of sp³-hybridized carbons (Fsp3) is 0.714. The predicted molar refractivity (Wildman–Crippen MR) is 49.0 cm³/mol. The van der Waals surface area contributed by atoms with Gasteiger partial charge in [-0.1, -0.05) is 0 Å². The molecule has 0 rings (SSSR count). The summed E-state index contributed by atoms with van der Waals surface area (Å²) in [5.74, 6) is -0.983. The molecule has 6 heteroatoms. The number of rotatable bonds is 6. The van der Waals surface area contributed by atoms with Gasteiger partial charge in [-0.2, -0.15) is 11.8 Å². The predicted octanol–water partition coefficient (Wildman–Crippen LogP) is -2.07. The molecular weight excluding hydrogens is 192 g/mol. The minimum atomic E-state index is -1.31. The Balaban J connectivity index is 3.63. The van der Waals surface area contributed by atoms with Gasteiger partial charge in [0, 0.05) is 0 Å². The van der Waals surface area contributed by atoms with Gasteiger partial charge in [0.1, 0.15) is 0 Å². The summed E-state index contributed by atoms with van der Waals surface area (Å²) in [6, 6.07) is -0.633. The molecule has 13 heavy (non-hydrogen) atoms. The highest BCUT2D eigenvalue weighted by atomic mass is 32.2. The number of amides is 1. The summed E-state index contributed by atoms with van der Waals surface area (Å²) >= 11 is 1.58. The number of thioether (sulfide) groups is 1. The van der Waals surface area contributed by atoms with Gasteiger partial charge in [-0.15, -0.1) is 0 Å². The lowest BCUT2D eigenvalue weighted by atomic mass is 10.2. The summed E-state index contributed by atoms with van der Waals surface area (Å²) in [7, 11) is 0. The molecule has 0 saturated carbocycles. The van der Waals surface area contributed by atoms with Crippen LogP contribution in [0.5, 0.6) is 0 Å². The Bertz CT molecular complexity index is 187. The number of nitrogens with two attached hydrogens (primary N) is 1. The molecule has 0 aromatic rings. The van der Waals surface area contributed by atoms with Gasteiger partial charge in [-0.25, -0.2) is 0 Å². The van der Waals surface area contributed by atoms with Gasteiger partial charge in [0.2, 0.25) is 5.91 Å². The van der Waals surface area contributed by atoms with Crippen LogP contribution in [0.4, 0.5) is 0 Å². The van der Waals surface area contributed by atoms with Crippen LogP contribution in [-0.4, -0.2) is 36.5 Å². The van der Waals surface area contributed by atoms with Crippen LogP contribution in [0.25, 0.3) is 0 Å². The molecule has 0 aliphatic carbocycles. The van der Waals surface area contributed by atoms with Crippen LogP contribution in [0.15, 0.2) is 0 Å². The highest BCUT2D eigenvalue weighted by Gasteiger charge is 2.11. The molecule has 76 valence electrons. The van der Waals surface area contributed by atoms with Crippen molar-refractivity contribution in [3.05, 3.63) is 0 Å². The van der Waals surface area contributed by atoms with Crippen LogP contribution >= 0.6 is 11.8 Å². The third kappa shape index (κ3) is 6.41. The highest BCUT2D eigenvalue weighted by Crippen LogP contribution is 1.98. The fourth-order valence-corrected chi connectivity index (χ4v) is 1.16. The first-order chi connectivity index (χ1) is 6.07. The summed E-state index contributed by atoms with van der Waals surface area (Å²) < 4.78 is 0. The van der Waals surface area contributed by atoms with E-state index < -0.39 is 24.5 Å². The Morgan fingerprint density at radius 2 is 2.23 bits per heavy atom. The first kappa shape index (κ1) is 12.2. The van der Waals surface area contributed by atoms with Crippen molar-refractivity contribution in [3.63, 3.8) is 0 Å². The number of carboxylic acid groups (broad SMARTS) is 1. The van der Waals surface area contributed by atoms with Crippen molar-refractivity contribution in [3.8, 4) is 0 Å². The van der Waals surface area contributed by atoms with Crippen molar-refractivity contribution in [1.29, 1.82) is 0 Å². The second-order valence-corrected chi connectivity index (χ2v) is 3.46. The standard InChI is InChI=1S/C7H14N2O3S/c1-13-3-2-5(8)7(12)9-4-6(10)11/h5H,2-4,8H2,1H3,(H,9,12)(H,10,11)/p-1. The summed E-state index contributed by atoms with van der Waals surface area (Å²) in [5.41, 5.74) is 5.45. The second-order valence-electron chi connectivity index (χ2n) is 2.48. The maximum absolute atomic E-state index is 11.0. The smallest absolute Gasteiger partial charge is 0.237 e. The first-order valence-corrected chi connectivity index (χ1v) is 5.19. The summed E-state index contributed by atoms with van der Waals surface area (Å²) in [6.07, 6.45) is 2.45. The minimum Gasteiger partial charge on any atom is -0.548 e. The third-order valence-electron chi connectivity index (χ3n) is 1.38. The monoisotopic (exact) mass is 205 g/mol. The van der Waals surface area contributed by atoms with Crippen LogP contribution in [-0.2, 0) is 9.59 Å². The molecule has 0 aromatic carbocycles. The van der Waals surface area contributed by atoms with Crippen LogP contribution in [0.2, 0.25) is 0 Å². The Morgan fingerprint density at radius 1 is 1.62 bits per heavy atom. The Hall–Kier alpha value is -0.750. The zero-order valence-corrected chi connectivity index (χ0v) is 8.23. The van der Waals surface area contributed by atoms with Crippen molar-refractivity contribution in [2.45, 2.75) is 12.5 Å². The lowest BCUT2D eigenvalue weighted by Crippen LogP contribution is -2.45. The Labute approximate surface area is 81.1 Å². The van der Waals surface area contributed by atoms with E-state index in [0.29, 0.717) is 6.42 Å². The molecule has 0 saturated heterocycles. The molecule has 0 radical (unpaired) electrons. The second kappa shape index (κ2) is 6.73. The van der Waals surface area contributed by atoms with Crippen LogP contribution < -0.4 is 16.2 Å². The van der Waals surface area contributed by atoms with E-state index >= 15 is 0 Å². The number of carbonyl (C=O) groups is 2. The molecule has 0 bridgehead atoms. The van der Waals surface area contributed by atoms with Gasteiger partial charge in [0.05, 0.1) is 18.6 Å². The SMILES string of the molecule is CSCCC(N)C(=O)NCC(=O)[O-]. The van der Waals surface area contributed by atoms with Gasteiger partial charge in [-0.3, -0.25) is 4.79 Å². The zero-order valence-electron chi connectivity index (χ0n) is 7.41. The maximum atomic E-state index is 11.0. The fourth-order valence-electron chi connectivity index (χ4n) is 0.666. The van der Waals surface area contributed by atoms with Gasteiger partial charge in [-0.05, 0) is 18.4 Å². The van der Waals surface area contributed by atoms with E-state index in [-0.39, 0.29) is 0 Å². The minimum absolute atomic E-state index is 0.446. The summed E-state index contributed by atoms with van der Waals surface area (Å²) in [5, 5.41) is 12.1. The number of hydrogen-bond acceptors (Lipinski definition) is 5. The number of hydrogen-bond donors (Lipinski definition) is 2. The summed E-state index contributed by atoms with van der Waals surface area (Å²) in [4.78, 5) is 21.0. The molecule has 1 amide bonds. The van der Waals surface area contributed by atoms with Crippen molar-refractivity contribution in [2.75, 3.05) is 18.6 Å². The first-order valence-electron chi connectivity index (χ1n) is 3.80. The molecule has 1 unspecified atom stereocenters. The van der Waals surface area contributed by atoms with Crippen LogP contribution in [0.3, 0.4) is 0 Å².